The van der Waals surface area contributed by atoms with Gasteiger partial charge in [-0.3, -0.25) is 13.9 Å². The minimum Gasteiger partial charge on any atom is -0.354 e. The summed E-state index contributed by atoms with van der Waals surface area (Å²) < 4.78 is 29.2. The van der Waals surface area contributed by atoms with Crippen molar-refractivity contribution in [3.8, 4) is 0 Å². The van der Waals surface area contributed by atoms with Crippen molar-refractivity contribution < 1.29 is 18.0 Å². The SMILES string of the molecule is CCCNC(=O)C(Cc1ccccc1)N(Cc1ccccc1Cl)C(=O)CN(c1cccc(C)c1)S(=O)(=O)c1ccc(Cl)cc1. The summed E-state index contributed by atoms with van der Waals surface area (Å²) in [5.74, 6) is -0.893. The molecule has 0 radical (unpaired) electrons. The van der Waals surface area contributed by atoms with Crippen molar-refractivity contribution in [3.05, 3.63) is 130 Å². The Bertz CT molecular complexity index is 1680. The molecular weight excluding hydrogens is 617 g/mol. The topological polar surface area (TPSA) is 86.8 Å². The molecule has 44 heavy (non-hydrogen) atoms. The van der Waals surface area contributed by atoms with Gasteiger partial charge in [-0.05, 0) is 72.5 Å². The molecule has 7 nitrogen and oxygen atoms in total. The van der Waals surface area contributed by atoms with Gasteiger partial charge in [0.15, 0.2) is 0 Å². The molecular formula is C34H35Cl2N3O4S. The Kier molecular flexibility index (Phi) is 11.4. The van der Waals surface area contributed by atoms with Crippen molar-refractivity contribution in [1.82, 2.24) is 10.2 Å². The van der Waals surface area contributed by atoms with Crippen LogP contribution >= 0.6 is 23.2 Å². The highest BCUT2D eigenvalue weighted by Crippen LogP contribution is 2.27. The average Bonchev–Trinajstić information content (AvgIpc) is 3.01. The van der Waals surface area contributed by atoms with Crippen LogP contribution in [0.15, 0.2) is 108 Å². The Labute approximate surface area is 269 Å². The van der Waals surface area contributed by atoms with Crippen LogP contribution in [0.5, 0.6) is 0 Å². The van der Waals surface area contributed by atoms with E-state index in [0.717, 1.165) is 15.4 Å². The maximum absolute atomic E-state index is 14.4. The van der Waals surface area contributed by atoms with E-state index in [4.69, 9.17) is 23.2 Å². The van der Waals surface area contributed by atoms with E-state index in [1.807, 2.05) is 50.2 Å². The zero-order valence-corrected chi connectivity index (χ0v) is 26.9. The van der Waals surface area contributed by atoms with Gasteiger partial charge in [-0.2, -0.15) is 0 Å². The number of hydrogen-bond donors (Lipinski definition) is 1. The molecule has 0 fully saturated rings. The van der Waals surface area contributed by atoms with Crippen molar-refractivity contribution in [1.29, 1.82) is 0 Å². The molecule has 0 aliphatic carbocycles. The smallest absolute Gasteiger partial charge is 0.264 e. The van der Waals surface area contributed by atoms with Gasteiger partial charge in [-0.25, -0.2) is 8.42 Å². The molecule has 1 unspecified atom stereocenters. The number of amides is 2. The highest BCUT2D eigenvalue weighted by molar-refractivity contribution is 7.92. The van der Waals surface area contributed by atoms with Crippen molar-refractivity contribution in [2.45, 2.75) is 44.2 Å². The number of carbonyl (C=O) groups is 2. The van der Waals surface area contributed by atoms with Crippen molar-refractivity contribution in [2.24, 2.45) is 0 Å². The molecule has 1 N–H and O–H groups in total. The average molecular weight is 653 g/mol. The summed E-state index contributed by atoms with van der Waals surface area (Å²) in [6, 6.07) is 28.3. The second kappa shape index (κ2) is 15.2. The Morgan fingerprint density at radius 1 is 0.864 bits per heavy atom. The second-order valence-electron chi connectivity index (χ2n) is 10.4. The van der Waals surface area contributed by atoms with Crippen LogP contribution in [0.3, 0.4) is 0 Å². The van der Waals surface area contributed by atoms with Gasteiger partial charge in [0, 0.05) is 29.6 Å². The van der Waals surface area contributed by atoms with E-state index in [2.05, 4.69) is 5.32 Å². The number of nitrogens with one attached hydrogen (secondary N) is 1. The molecule has 4 aromatic rings. The van der Waals surface area contributed by atoms with Gasteiger partial charge in [0.25, 0.3) is 10.0 Å². The van der Waals surface area contributed by atoms with Crippen LogP contribution in [0.25, 0.3) is 0 Å². The molecule has 4 rings (SSSR count). The minimum atomic E-state index is -4.22. The normalized spacial score (nSPS) is 11.9. The number of nitrogens with zero attached hydrogens (tertiary/aromatic N) is 2. The summed E-state index contributed by atoms with van der Waals surface area (Å²) in [6.07, 6.45) is 0.934. The van der Waals surface area contributed by atoms with Crippen LogP contribution < -0.4 is 9.62 Å². The van der Waals surface area contributed by atoms with Gasteiger partial charge in [-0.1, -0.05) is 90.8 Å². The summed E-state index contributed by atoms with van der Waals surface area (Å²) in [7, 11) is -4.22. The number of benzene rings is 4. The number of hydrogen-bond acceptors (Lipinski definition) is 4. The Morgan fingerprint density at radius 3 is 2.20 bits per heavy atom. The Morgan fingerprint density at radius 2 is 1.55 bits per heavy atom. The van der Waals surface area contributed by atoms with Crippen LogP contribution in [0.2, 0.25) is 10.0 Å². The third-order valence-corrected chi connectivity index (χ3v) is 9.50. The zero-order valence-electron chi connectivity index (χ0n) is 24.6. The number of rotatable bonds is 13. The molecule has 2 amide bonds. The molecule has 0 bridgehead atoms. The summed E-state index contributed by atoms with van der Waals surface area (Å²) in [5.41, 5.74) is 2.62. The van der Waals surface area contributed by atoms with Gasteiger partial charge in [-0.15, -0.1) is 0 Å². The predicted octanol–water partition coefficient (Wildman–Crippen LogP) is 6.66. The lowest BCUT2D eigenvalue weighted by atomic mass is 10.0. The maximum Gasteiger partial charge on any atom is 0.264 e. The summed E-state index contributed by atoms with van der Waals surface area (Å²) in [5, 5.41) is 3.75. The molecule has 0 saturated carbocycles. The monoisotopic (exact) mass is 651 g/mol. The first-order chi connectivity index (χ1) is 21.1. The molecule has 230 valence electrons. The first-order valence-electron chi connectivity index (χ1n) is 14.3. The van der Waals surface area contributed by atoms with E-state index in [0.29, 0.717) is 34.3 Å². The number of halogens is 2. The molecule has 0 heterocycles. The third kappa shape index (κ3) is 8.40. The Balaban J connectivity index is 1.80. The van der Waals surface area contributed by atoms with Crippen molar-refractivity contribution in [2.75, 3.05) is 17.4 Å². The van der Waals surface area contributed by atoms with Crippen LogP contribution in [0.4, 0.5) is 5.69 Å². The number of anilines is 1. The highest BCUT2D eigenvalue weighted by Gasteiger charge is 2.34. The minimum absolute atomic E-state index is 0.00178. The van der Waals surface area contributed by atoms with Crippen molar-refractivity contribution in [3.63, 3.8) is 0 Å². The fourth-order valence-electron chi connectivity index (χ4n) is 4.78. The fraction of sp³-hybridized carbons (Fsp3) is 0.235. The van der Waals surface area contributed by atoms with E-state index in [1.165, 1.54) is 29.2 Å². The maximum atomic E-state index is 14.4. The number of carbonyl (C=O) groups excluding carboxylic acids is 2. The first-order valence-corrected chi connectivity index (χ1v) is 16.5. The fourth-order valence-corrected chi connectivity index (χ4v) is 6.50. The van der Waals surface area contributed by atoms with E-state index in [9.17, 15) is 18.0 Å². The van der Waals surface area contributed by atoms with Crippen LogP contribution in [-0.2, 0) is 32.6 Å². The van der Waals surface area contributed by atoms with E-state index in [1.54, 1.807) is 42.5 Å². The van der Waals surface area contributed by atoms with E-state index >= 15 is 0 Å². The van der Waals surface area contributed by atoms with E-state index < -0.39 is 28.5 Å². The van der Waals surface area contributed by atoms with Crippen LogP contribution in [0, 0.1) is 6.92 Å². The number of sulfonamides is 1. The highest BCUT2D eigenvalue weighted by atomic mass is 35.5. The molecule has 4 aromatic carbocycles. The Hall–Kier alpha value is -3.85. The molecule has 0 aliphatic rings. The van der Waals surface area contributed by atoms with Crippen molar-refractivity contribution >= 4 is 50.7 Å². The molecule has 0 aromatic heterocycles. The summed E-state index contributed by atoms with van der Waals surface area (Å²) in [4.78, 5) is 29.6. The lowest BCUT2D eigenvalue weighted by Gasteiger charge is -2.34. The zero-order chi connectivity index (χ0) is 31.7. The van der Waals surface area contributed by atoms with E-state index in [-0.39, 0.29) is 23.8 Å². The van der Waals surface area contributed by atoms with Crippen LogP contribution in [-0.4, -0.2) is 44.3 Å². The van der Waals surface area contributed by atoms with Gasteiger partial charge < -0.3 is 10.2 Å². The second-order valence-corrected chi connectivity index (χ2v) is 13.1. The molecule has 0 saturated heterocycles. The third-order valence-electron chi connectivity index (χ3n) is 7.09. The lowest BCUT2D eigenvalue weighted by molar-refractivity contribution is -0.140. The van der Waals surface area contributed by atoms with Gasteiger partial charge in [0.05, 0.1) is 10.6 Å². The standard InChI is InChI=1S/C34H35Cl2N3O4S/c1-3-20-37-34(41)32(22-26-11-5-4-6-12-26)38(23-27-13-7-8-15-31(27)36)33(40)24-39(29-14-9-10-25(2)21-29)44(42,43)30-18-16-28(35)17-19-30/h4-19,21,32H,3,20,22-24H2,1-2H3,(H,37,41). The summed E-state index contributed by atoms with van der Waals surface area (Å²) >= 11 is 12.6. The van der Waals surface area contributed by atoms with Crippen LogP contribution in [0.1, 0.15) is 30.0 Å². The van der Waals surface area contributed by atoms with Gasteiger partial charge in [0.1, 0.15) is 12.6 Å². The van der Waals surface area contributed by atoms with Gasteiger partial charge in [0.2, 0.25) is 11.8 Å². The molecule has 0 aliphatic heterocycles. The molecule has 0 spiro atoms. The quantitative estimate of drug-likeness (QED) is 0.175. The summed E-state index contributed by atoms with van der Waals surface area (Å²) in [6.45, 7) is 3.67. The lowest BCUT2D eigenvalue weighted by Crippen LogP contribution is -2.53. The predicted molar refractivity (Wildman–Crippen MR) is 176 cm³/mol. The van der Waals surface area contributed by atoms with Gasteiger partial charge >= 0.3 is 0 Å². The number of aryl methyl sites for hydroxylation is 1. The molecule has 1 atom stereocenters. The molecule has 10 heteroatoms. The first kappa shape index (κ1) is 33.1. The largest absolute Gasteiger partial charge is 0.354 e.